The van der Waals surface area contributed by atoms with Gasteiger partial charge in [0.1, 0.15) is 12.4 Å². The molecule has 0 saturated heterocycles. The van der Waals surface area contributed by atoms with Gasteiger partial charge in [-0.2, -0.15) is 4.68 Å². The van der Waals surface area contributed by atoms with Crippen LogP contribution in [0.5, 0.6) is 5.75 Å². The van der Waals surface area contributed by atoms with Crippen LogP contribution in [0.1, 0.15) is 16.7 Å². The molecule has 1 aromatic heterocycles. The van der Waals surface area contributed by atoms with Crippen LogP contribution in [0.4, 0.5) is 0 Å². The van der Waals surface area contributed by atoms with Gasteiger partial charge in [-0.15, -0.1) is 5.10 Å². The molecule has 0 amide bonds. The standard InChI is InChI=1S/C19H22N4O2S/c1-13-7-4-5-10-17(13)23-19(20-21-22-23)26-12-16(24)11-25-18-14(2)8-6-9-15(18)3/h4-10,16,24H,11-12H2,1-3H3/t16-/m0/s1. The average Bonchev–Trinajstić information content (AvgIpc) is 3.08. The second-order valence-corrected chi connectivity index (χ2v) is 7.14. The Bertz CT molecular complexity index is 861. The summed E-state index contributed by atoms with van der Waals surface area (Å²) in [5.41, 5.74) is 4.14. The Morgan fingerprint density at radius 1 is 1.04 bits per heavy atom. The molecule has 136 valence electrons. The number of rotatable bonds is 7. The normalized spacial score (nSPS) is 12.2. The van der Waals surface area contributed by atoms with E-state index < -0.39 is 6.10 Å². The molecule has 0 spiro atoms. The van der Waals surface area contributed by atoms with E-state index >= 15 is 0 Å². The van der Waals surface area contributed by atoms with Crippen LogP contribution < -0.4 is 4.74 Å². The first-order chi connectivity index (χ1) is 12.6. The Hall–Kier alpha value is -2.38. The molecule has 0 radical (unpaired) electrons. The summed E-state index contributed by atoms with van der Waals surface area (Å²) in [4.78, 5) is 0. The maximum Gasteiger partial charge on any atom is 0.214 e. The van der Waals surface area contributed by atoms with Crippen LogP contribution in [0, 0.1) is 20.8 Å². The molecule has 3 aromatic rings. The molecule has 6 nitrogen and oxygen atoms in total. The molecule has 0 bridgehead atoms. The predicted molar refractivity (Wildman–Crippen MR) is 102 cm³/mol. The van der Waals surface area contributed by atoms with E-state index in [1.54, 1.807) is 4.68 Å². The minimum atomic E-state index is -0.624. The summed E-state index contributed by atoms with van der Waals surface area (Å²) in [5.74, 6) is 1.28. The molecule has 1 atom stereocenters. The Morgan fingerprint density at radius 3 is 2.46 bits per heavy atom. The molecular formula is C19H22N4O2S. The lowest BCUT2D eigenvalue weighted by Gasteiger charge is -2.15. The summed E-state index contributed by atoms with van der Waals surface area (Å²) in [6.07, 6.45) is -0.624. The van der Waals surface area contributed by atoms with Crippen LogP contribution in [-0.4, -0.2) is 43.8 Å². The lowest BCUT2D eigenvalue weighted by atomic mass is 10.1. The summed E-state index contributed by atoms with van der Waals surface area (Å²) in [6, 6.07) is 13.9. The number of aromatic nitrogens is 4. The molecule has 0 saturated carbocycles. The van der Waals surface area contributed by atoms with Gasteiger partial charge in [0.15, 0.2) is 0 Å². The van der Waals surface area contributed by atoms with Crippen molar-refractivity contribution in [3.8, 4) is 11.4 Å². The monoisotopic (exact) mass is 370 g/mol. The number of hydrogen-bond acceptors (Lipinski definition) is 6. The highest BCUT2D eigenvalue weighted by Crippen LogP contribution is 2.24. The number of para-hydroxylation sites is 2. The zero-order valence-electron chi connectivity index (χ0n) is 15.1. The Morgan fingerprint density at radius 2 is 1.73 bits per heavy atom. The van der Waals surface area contributed by atoms with Crippen molar-refractivity contribution in [1.82, 2.24) is 20.2 Å². The van der Waals surface area contributed by atoms with Crippen LogP contribution in [0.3, 0.4) is 0 Å². The van der Waals surface area contributed by atoms with E-state index in [0.29, 0.717) is 10.9 Å². The highest BCUT2D eigenvalue weighted by atomic mass is 32.2. The average molecular weight is 370 g/mol. The van der Waals surface area contributed by atoms with Crippen molar-refractivity contribution in [3.63, 3.8) is 0 Å². The van der Waals surface area contributed by atoms with E-state index in [0.717, 1.165) is 28.1 Å². The van der Waals surface area contributed by atoms with Crippen molar-refractivity contribution in [2.45, 2.75) is 32.0 Å². The van der Waals surface area contributed by atoms with Gasteiger partial charge in [0, 0.05) is 5.75 Å². The molecule has 0 aliphatic rings. The third-order valence-electron chi connectivity index (χ3n) is 4.02. The smallest absolute Gasteiger partial charge is 0.214 e. The SMILES string of the molecule is Cc1ccccc1-n1nnnc1SC[C@@H](O)COc1c(C)cccc1C. The van der Waals surface area contributed by atoms with Crippen LogP contribution in [0.2, 0.25) is 0 Å². The molecule has 0 fully saturated rings. The summed E-state index contributed by atoms with van der Waals surface area (Å²) in [7, 11) is 0. The van der Waals surface area contributed by atoms with Crippen molar-refractivity contribution in [2.75, 3.05) is 12.4 Å². The first-order valence-electron chi connectivity index (χ1n) is 8.40. The first-order valence-corrected chi connectivity index (χ1v) is 9.39. The van der Waals surface area contributed by atoms with Gasteiger partial charge in [-0.3, -0.25) is 0 Å². The fraction of sp³-hybridized carbons (Fsp3) is 0.316. The molecule has 1 heterocycles. The van der Waals surface area contributed by atoms with Gasteiger partial charge in [0.05, 0.1) is 11.8 Å². The number of aryl methyl sites for hydroxylation is 3. The maximum atomic E-state index is 10.3. The van der Waals surface area contributed by atoms with Crippen LogP contribution in [0.15, 0.2) is 47.6 Å². The van der Waals surface area contributed by atoms with Crippen LogP contribution >= 0.6 is 11.8 Å². The fourth-order valence-electron chi connectivity index (χ4n) is 2.65. The number of aliphatic hydroxyl groups excluding tert-OH is 1. The van der Waals surface area contributed by atoms with Gasteiger partial charge in [0.2, 0.25) is 5.16 Å². The van der Waals surface area contributed by atoms with Gasteiger partial charge < -0.3 is 9.84 Å². The number of thioether (sulfide) groups is 1. The molecular weight excluding hydrogens is 348 g/mol. The number of ether oxygens (including phenoxy) is 1. The van der Waals surface area contributed by atoms with E-state index in [1.807, 2.05) is 63.2 Å². The second kappa shape index (κ2) is 8.33. The lowest BCUT2D eigenvalue weighted by Crippen LogP contribution is -2.21. The molecule has 3 rings (SSSR count). The van der Waals surface area contributed by atoms with E-state index in [-0.39, 0.29) is 6.61 Å². The number of aliphatic hydroxyl groups is 1. The number of nitrogens with zero attached hydrogens (tertiary/aromatic N) is 4. The van der Waals surface area contributed by atoms with E-state index in [1.165, 1.54) is 11.8 Å². The summed E-state index contributed by atoms with van der Waals surface area (Å²) < 4.78 is 7.50. The van der Waals surface area contributed by atoms with Crippen molar-refractivity contribution in [3.05, 3.63) is 59.2 Å². The quantitative estimate of drug-likeness (QED) is 0.644. The van der Waals surface area contributed by atoms with E-state index in [9.17, 15) is 5.11 Å². The van der Waals surface area contributed by atoms with Crippen molar-refractivity contribution < 1.29 is 9.84 Å². The lowest BCUT2D eigenvalue weighted by molar-refractivity contribution is 0.125. The zero-order chi connectivity index (χ0) is 18.5. The van der Waals surface area contributed by atoms with E-state index in [2.05, 4.69) is 15.5 Å². The maximum absolute atomic E-state index is 10.3. The number of tetrazole rings is 1. The predicted octanol–water partition coefficient (Wildman–Crippen LogP) is 3.12. The second-order valence-electron chi connectivity index (χ2n) is 6.16. The topological polar surface area (TPSA) is 73.1 Å². The third-order valence-corrected chi connectivity index (χ3v) is 5.08. The van der Waals surface area contributed by atoms with Gasteiger partial charge in [-0.25, -0.2) is 0 Å². The Balaban J connectivity index is 1.60. The third kappa shape index (κ3) is 4.23. The molecule has 1 N–H and O–H groups in total. The van der Waals surface area contributed by atoms with Crippen LogP contribution in [0.25, 0.3) is 5.69 Å². The highest BCUT2D eigenvalue weighted by Gasteiger charge is 2.14. The minimum Gasteiger partial charge on any atom is -0.490 e. The highest BCUT2D eigenvalue weighted by molar-refractivity contribution is 7.99. The zero-order valence-corrected chi connectivity index (χ0v) is 15.9. The van der Waals surface area contributed by atoms with Crippen LogP contribution in [-0.2, 0) is 0 Å². The molecule has 26 heavy (non-hydrogen) atoms. The number of hydrogen-bond donors (Lipinski definition) is 1. The van der Waals surface area contributed by atoms with Gasteiger partial charge >= 0.3 is 0 Å². The molecule has 2 aromatic carbocycles. The summed E-state index contributed by atoms with van der Waals surface area (Å²) in [5, 5.41) is 22.8. The van der Waals surface area contributed by atoms with E-state index in [4.69, 9.17) is 4.74 Å². The molecule has 0 aliphatic heterocycles. The van der Waals surface area contributed by atoms with Crippen molar-refractivity contribution in [1.29, 1.82) is 0 Å². The summed E-state index contributed by atoms with van der Waals surface area (Å²) >= 11 is 1.41. The van der Waals surface area contributed by atoms with Gasteiger partial charge in [-0.05, 0) is 54.0 Å². The van der Waals surface area contributed by atoms with Gasteiger partial charge in [0.25, 0.3) is 0 Å². The fourth-order valence-corrected chi connectivity index (χ4v) is 3.44. The Labute approximate surface area is 157 Å². The summed E-state index contributed by atoms with van der Waals surface area (Å²) in [6.45, 7) is 6.24. The largest absolute Gasteiger partial charge is 0.490 e. The Kier molecular flexibility index (Phi) is 5.90. The molecule has 0 unspecified atom stereocenters. The minimum absolute atomic E-state index is 0.227. The first kappa shape index (κ1) is 18.4. The van der Waals surface area contributed by atoms with Crippen molar-refractivity contribution >= 4 is 11.8 Å². The molecule has 7 heteroatoms. The number of benzene rings is 2. The van der Waals surface area contributed by atoms with Crippen molar-refractivity contribution in [2.24, 2.45) is 0 Å². The molecule has 0 aliphatic carbocycles. The van der Waals surface area contributed by atoms with Gasteiger partial charge in [-0.1, -0.05) is 48.2 Å².